The molecule has 10 heavy (non-hydrogen) atoms. The largest absolute Gasteiger partial charge is 0.394 e. The Morgan fingerprint density at radius 1 is 1.10 bits per heavy atom. The van der Waals surface area contributed by atoms with Crippen molar-refractivity contribution in [2.75, 3.05) is 6.61 Å². The SMILES string of the molecule is CC[C@@H](O)[C@H](O)[C@@H](O)CO. The molecule has 0 aromatic rings. The minimum absolute atomic E-state index is 0.359. The highest BCUT2D eigenvalue weighted by Gasteiger charge is 2.21. The highest BCUT2D eigenvalue weighted by Crippen LogP contribution is 2.02. The normalized spacial score (nSPS) is 20.1. The van der Waals surface area contributed by atoms with Crippen molar-refractivity contribution >= 4 is 0 Å². The van der Waals surface area contributed by atoms with E-state index in [0.29, 0.717) is 6.42 Å². The molecule has 0 radical (unpaired) electrons. The lowest BCUT2D eigenvalue weighted by atomic mass is 10.1. The zero-order valence-electron chi connectivity index (χ0n) is 5.94. The summed E-state index contributed by atoms with van der Waals surface area (Å²) in [6.07, 6.45) is -3.08. The van der Waals surface area contributed by atoms with E-state index in [-0.39, 0.29) is 0 Å². The predicted molar refractivity (Wildman–Crippen MR) is 35.4 cm³/mol. The van der Waals surface area contributed by atoms with Gasteiger partial charge < -0.3 is 20.4 Å². The average Bonchev–Trinajstić information content (AvgIpc) is 2.00. The van der Waals surface area contributed by atoms with E-state index in [1.165, 1.54) is 0 Å². The van der Waals surface area contributed by atoms with Gasteiger partial charge in [0.25, 0.3) is 0 Å². The summed E-state index contributed by atoms with van der Waals surface area (Å²) in [5.41, 5.74) is 0. The first-order valence-electron chi connectivity index (χ1n) is 3.28. The van der Waals surface area contributed by atoms with E-state index in [4.69, 9.17) is 20.4 Å². The van der Waals surface area contributed by atoms with Gasteiger partial charge in [-0.15, -0.1) is 0 Å². The molecule has 0 bridgehead atoms. The van der Waals surface area contributed by atoms with Crippen molar-refractivity contribution in [2.24, 2.45) is 0 Å². The quantitative estimate of drug-likeness (QED) is 0.392. The van der Waals surface area contributed by atoms with Gasteiger partial charge in [0.15, 0.2) is 0 Å². The topological polar surface area (TPSA) is 80.9 Å². The molecule has 0 aliphatic carbocycles. The molecule has 0 aliphatic heterocycles. The first-order valence-corrected chi connectivity index (χ1v) is 3.28. The molecule has 0 fully saturated rings. The van der Waals surface area contributed by atoms with Gasteiger partial charge in [0, 0.05) is 0 Å². The summed E-state index contributed by atoms with van der Waals surface area (Å²) in [5, 5.41) is 34.9. The molecule has 0 aromatic heterocycles. The van der Waals surface area contributed by atoms with Crippen LogP contribution in [-0.2, 0) is 0 Å². The maximum absolute atomic E-state index is 8.93. The van der Waals surface area contributed by atoms with Crippen molar-refractivity contribution in [3.63, 3.8) is 0 Å². The Kier molecular flexibility index (Phi) is 4.55. The highest BCUT2D eigenvalue weighted by molar-refractivity contribution is 4.72. The minimum atomic E-state index is -1.24. The Labute approximate surface area is 59.7 Å². The molecule has 0 saturated heterocycles. The van der Waals surface area contributed by atoms with Crippen molar-refractivity contribution in [3.8, 4) is 0 Å². The summed E-state index contributed by atoms with van der Waals surface area (Å²) in [7, 11) is 0. The Balaban J connectivity index is 3.69. The van der Waals surface area contributed by atoms with Crippen LogP contribution in [0.2, 0.25) is 0 Å². The fourth-order valence-corrected chi connectivity index (χ4v) is 0.606. The van der Waals surface area contributed by atoms with E-state index >= 15 is 0 Å². The van der Waals surface area contributed by atoms with Crippen LogP contribution in [0, 0.1) is 0 Å². The first-order chi connectivity index (χ1) is 4.63. The molecule has 62 valence electrons. The lowest BCUT2D eigenvalue weighted by Gasteiger charge is -2.19. The molecule has 0 rings (SSSR count). The van der Waals surface area contributed by atoms with Gasteiger partial charge >= 0.3 is 0 Å². The molecular weight excluding hydrogens is 136 g/mol. The molecule has 4 nitrogen and oxygen atoms in total. The molecule has 4 N–H and O–H groups in total. The van der Waals surface area contributed by atoms with E-state index in [1.54, 1.807) is 6.92 Å². The second kappa shape index (κ2) is 4.62. The summed E-state index contributed by atoms with van der Waals surface area (Å²) in [5.74, 6) is 0. The first kappa shape index (κ1) is 9.84. The molecule has 0 saturated carbocycles. The van der Waals surface area contributed by atoms with Crippen LogP contribution in [0.3, 0.4) is 0 Å². The fourth-order valence-electron chi connectivity index (χ4n) is 0.606. The standard InChI is InChI=1S/C6H14O4/c1-2-4(8)6(10)5(9)3-7/h4-10H,2-3H2,1H3/t4-,5+,6+/m1/s1. The van der Waals surface area contributed by atoms with Gasteiger partial charge in [0.05, 0.1) is 12.7 Å². The molecule has 4 heteroatoms. The third-order valence-electron chi connectivity index (χ3n) is 1.39. The summed E-state index contributed by atoms with van der Waals surface area (Å²) >= 11 is 0. The van der Waals surface area contributed by atoms with E-state index < -0.39 is 24.9 Å². The summed E-state index contributed by atoms with van der Waals surface area (Å²) < 4.78 is 0. The summed E-state index contributed by atoms with van der Waals surface area (Å²) in [6, 6.07) is 0. The van der Waals surface area contributed by atoms with Gasteiger partial charge in [0.1, 0.15) is 12.2 Å². The van der Waals surface area contributed by atoms with Gasteiger partial charge in [-0.3, -0.25) is 0 Å². The highest BCUT2D eigenvalue weighted by atomic mass is 16.4. The van der Waals surface area contributed by atoms with Gasteiger partial charge in [-0.1, -0.05) is 6.92 Å². The van der Waals surface area contributed by atoms with E-state index in [1.807, 2.05) is 0 Å². The van der Waals surface area contributed by atoms with Crippen LogP contribution in [0.15, 0.2) is 0 Å². The number of aliphatic hydroxyl groups excluding tert-OH is 4. The Morgan fingerprint density at radius 3 is 1.90 bits per heavy atom. The van der Waals surface area contributed by atoms with Crippen LogP contribution < -0.4 is 0 Å². The molecule has 0 unspecified atom stereocenters. The monoisotopic (exact) mass is 150 g/mol. The molecule has 0 aliphatic rings. The second-order valence-corrected chi connectivity index (χ2v) is 2.22. The summed E-state index contributed by atoms with van der Waals surface area (Å²) in [4.78, 5) is 0. The van der Waals surface area contributed by atoms with Crippen molar-refractivity contribution in [1.82, 2.24) is 0 Å². The van der Waals surface area contributed by atoms with Crippen molar-refractivity contribution < 1.29 is 20.4 Å². The molecule has 0 amide bonds. The molecule has 3 atom stereocenters. The van der Waals surface area contributed by atoms with Gasteiger partial charge in [0.2, 0.25) is 0 Å². The Morgan fingerprint density at radius 2 is 1.60 bits per heavy atom. The van der Waals surface area contributed by atoms with Crippen molar-refractivity contribution in [1.29, 1.82) is 0 Å². The van der Waals surface area contributed by atoms with Crippen LogP contribution >= 0.6 is 0 Å². The van der Waals surface area contributed by atoms with Crippen LogP contribution in [0.25, 0.3) is 0 Å². The van der Waals surface area contributed by atoms with Crippen LogP contribution in [0.1, 0.15) is 13.3 Å². The zero-order chi connectivity index (χ0) is 8.15. The molecule has 0 heterocycles. The van der Waals surface area contributed by atoms with Crippen LogP contribution in [0.5, 0.6) is 0 Å². The van der Waals surface area contributed by atoms with Crippen molar-refractivity contribution in [3.05, 3.63) is 0 Å². The minimum Gasteiger partial charge on any atom is -0.394 e. The van der Waals surface area contributed by atoms with Crippen LogP contribution in [-0.4, -0.2) is 45.3 Å². The maximum atomic E-state index is 8.93. The predicted octanol–water partition coefficient (Wildman–Crippen LogP) is -1.53. The Bertz CT molecular complexity index is 75.8. The third-order valence-corrected chi connectivity index (χ3v) is 1.39. The van der Waals surface area contributed by atoms with Crippen LogP contribution in [0.4, 0.5) is 0 Å². The Hall–Kier alpha value is -0.160. The van der Waals surface area contributed by atoms with E-state index in [2.05, 4.69) is 0 Å². The lowest BCUT2D eigenvalue weighted by Crippen LogP contribution is -2.38. The van der Waals surface area contributed by atoms with Gasteiger partial charge in [-0.25, -0.2) is 0 Å². The number of hydrogen-bond acceptors (Lipinski definition) is 4. The molecular formula is C6H14O4. The number of rotatable bonds is 4. The fraction of sp³-hybridized carbons (Fsp3) is 1.00. The summed E-state index contributed by atoms with van der Waals surface area (Å²) in [6.45, 7) is 1.15. The smallest absolute Gasteiger partial charge is 0.108 e. The average molecular weight is 150 g/mol. The van der Waals surface area contributed by atoms with E-state index in [9.17, 15) is 0 Å². The van der Waals surface area contributed by atoms with Crippen molar-refractivity contribution in [2.45, 2.75) is 31.7 Å². The second-order valence-electron chi connectivity index (χ2n) is 2.22. The lowest BCUT2D eigenvalue weighted by molar-refractivity contribution is -0.0767. The van der Waals surface area contributed by atoms with Gasteiger partial charge in [-0.2, -0.15) is 0 Å². The van der Waals surface area contributed by atoms with Gasteiger partial charge in [-0.05, 0) is 6.42 Å². The molecule has 0 spiro atoms. The third kappa shape index (κ3) is 2.62. The van der Waals surface area contributed by atoms with E-state index in [0.717, 1.165) is 0 Å². The zero-order valence-corrected chi connectivity index (χ0v) is 5.94. The number of aliphatic hydroxyl groups is 4. The number of hydrogen-bond donors (Lipinski definition) is 4. The molecule has 0 aromatic carbocycles. The maximum Gasteiger partial charge on any atom is 0.108 e.